The zero-order chi connectivity index (χ0) is 14.1. The molecule has 0 atom stereocenters. The highest BCUT2D eigenvalue weighted by molar-refractivity contribution is 7.89. The molecular formula is C14H22N2O2S. The van der Waals surface area contributed by atoms with Crippen LogP contribution in [0.4, 0.5) is 0 Å². The van der Waals surface area contributed by atoms with E-state index in [0.29, 0.717) is 24.5 Å². The minimum Gasteiger partial charge on any atom is -0.326 e. The summed E-state index contributed by atoms with van der Waals surface area (Å²) in [6.07, 6.45) is 1.81. The van der Waals surface area contributed by atoms with Crippen molar-refractivity contribution in [2.45, 2.75) is 38.1 Å². The molecule has 0 saturated carbocycles. The molecular weight excluding hydrogens is 260 g/mol. The van der Waals surface area contributed by atoms with Gasteiger partial charge in [-0.2, -0.15) is 4.31 Å². The average molecular weight is 282 g/mol. The van der Waals surface area contributed by atoms with Crippen LogP contribution < -0.4 is 5.73 Å². The molecule has 2 rings (SSSR count). The molecule has 5 heteroatoms. The molecule has 0 unspecified atom stereocenters. The van der Waals surface area contributed by atoms with Gasteiger partial charge in [-0.25, -0.2) is 8.42 Å². The summed E-state index contributed by atoms with van der Waals surface area (Å²) in [5.41, 5.74) is 6.65. The molecule has 1 aromatic carbocycles. The van der Waals surface area contributed by atoms with E-state index in [4.69, 9.17) is 5.73 Å². The molecule has 0 spiro atoms. The third kappa shape index (κ3) is 3.16. The third-order valence-corrected chi connectivity index (χ3v) is 5.74. The fraction of sp³-hybridized carbons (Fsp3) is 0.571. The summed E-state index contributed by atoms with van der Waals surface area (Å²) in [4.78, 5) is 0.357. The number of rotatable bonds is 3. The van der Waals surface area contributed by atoms with Crippen LogP contribution in [0.25, 0.3) is 0 Å². The molecule has 4 nitrogen and oxygen atoms in total. The van der Waals surface area contributed by atoms with Gasteiger partial charge in [0.2, 0.25) is 10.0 Å². The van der Waals surface area contributed by atoms with Crippen molar-refractivity contribution in [3.05, 3.63) is 29.8 Å². The molecule has 0 amide bonds. The van der Waals surface area contributed by atoms with Crippen molar-refractivity contribution in [3.8, 4) is 0 Å². The second-order valence-corrected chi connectivity index (χ2v) is 7.86. The topological polar surface area (TPSA) is 63.4 Å². The van der Waals surface area contributed by atoms with Gasteiger partial charge in [-0.3, -0.25) is 0 Å². The SMILES string of the molecule is CC1(C)CCN(S(=O)(=O)c2cccc(CN)c2)CC1. The van der Waals surface area contributed by atoms with Gasteiger partial charge >= 0.3 is 0 Å². The van der Waals surface area contributed by atoms with Crippen molar-refractivity contribution >= 4 is 10.0 Å². The lowest BCUT2D eigenvalue weighted by Crippen LogP contribution is -2.41. The number of nitrogens with zero attached hydrogens (tertiary/aromatic N) is 1. The molecule has 1 aromatic rings. The quantitative estimate of drug-likeness (QED) is 0.921. The first-order chi connectivity index (χ1) is 8.85. The maximum atomic E-state index is 12.6. The smallest absolute Gasteiger partial charge is 0.243 e. The molecule has 1 fully saturated rings. The number of hydrogen-bond acceptors (Lipinski definition) is 3. The molecule has 0 bridgehead atoms. The Morgan fingerprint density at radius 1 is 1.26 bits per heavy atom. The van der Waals surface area contributed by atoms with Gasteiger partial charge < -0.3 is 5.73 Å². The van der Waals surface area contributed by atoms with E-state index in [2.05, 4.69) is 13.8 Å². The molecule has 106 valence electrons. The summed E-state index contributed by atoms with van der Waals surface area (Å²) >= 11 is 0. The van der Waals surface area contributed by atoms with Crippen LogP contribution in [0.3, 0.4) is 0 Å². The fourth-order valence-electron chi connectivity index (χ4n) is 2.31. The number of nitrogens with two attached hydrogens (primary N) is 1. The molecule has 0 aliphatic carbocycles. The number of hydrogen-bond donors (Lipinski definition) is 1. The van der Waals surface area contributed by atoms with Crippen LogP contribution >= 0.6 is 0 Å². The maximum Gasteiger partial charge on any atom is 0.243 e. The van der Waals surface area contributed by atoms with Gasteiger partial charge in [-0.15, -0.1) is 0 Å². The second-order valence-electron chi connectivity index (χ2n) is 5.92. The number of benzene rings is 1. The molecule has 1 saturated heterocycles. The Hall–Kier alpha value is -0.910. The van der Waals surface area contributed by atoms with E-state index >= 15 is 0 Å². The van der Waals surface area contributed by atoms with Crippen LogP contribution in [0.1, 0.15) is 32.3 Å². The summed E-state index contributed by atoms with van der Waals surface area (Å²) in [7, 11) is -3.37. The lowest BCUT2D eigenvalue weighted by molar-refractivity contribution is 0.196. The van der Waals surface area contributed by atoms with Crippen molar-refractivity contribution in [2.75, 3.05) is 13.1 Å². The minimum atomic E-state index is -3.37. The summed E-state index contributed by atoms with van der Waals surface area (Å²) in [5, 5.41) is 0. The van der Waals surface area contributed by atoms with Crippen molar-refractivity contribution in [3.63, 3.8) is 0 Å². The van der Waals surface area contributed by atoms with E-state index in [-0.39, 0.29) is 5.41 Å². The Balaban J connectivity index is 2.23. The third-order valence-electron chi connectivity index (χ3n) is 3.85. The van der Waals surface area contributed by atoms with Gasteiger partial charge in [0.15, 0.2) is 0 Å². The lowest BCUT2D eigenvalue weighted by atomic mass is 9.83. The lowest BCUT2D eigenvalue weighted by Gasteiger charge is -2.36. The Bertz CT molecular complexity index is 542. The first-order valence-corrected chi connectivity index (χ1v) is 8.08. The van der Waals surface area contributed by atoms with Gasteiger partial charge in [0, 0.05) is 19.6 Å². The summed E-state index contributed by atoms with van der Waals surface area (Å²) in [5.74, 6) is 0. The van der Waals surface area contributed by atoms with E-state index in [9.17, 15) is 8.42 Å². The van der Waals surface area contributed by atoms with Crippen LogP contribution in [0.5, 0.6) is 0 Å². The summed E-state index contributed by atoms with van der Waals surface area (Å²) in [6, 6.07) is 6.92. The molecule has 0 radical (unpaired) electrons. The van der Waals surface area contributed by atoms with E-state index in [1.165, 1.54) is 0 Å². The highest BCUT2D eigenvalue weighted by atomic mass is 32.2. The van der Waals surface area contributed by atoms with Gasteiger partial charge in [-0.05, 0) is 36.0 Å². The molecule has 1 heterocycles. The average Bonchev–Trinajstić information content (AvgIpc) is 2.38. The highest BCUT2D eigenvalue weighted by Crippen LogP contribution is 2.32. The molecule has 1 aliphatic heterocycles. The van der Waals surface area contributed by atoms with Crippen molar-refractivity contribution in [1.82, 2.24) is 4.31 Å². The monoisotopic (exact) mass is 282 g/mol. The van der Waals surface area contributed by atoms with Gasteiger partial charge in [0.05, 0.1) is 4.90 Å². The van der Waals surface area contributed by atoms with Crippen molar-refractivity contribution < 1.29 is 8.42 Å². The molecule has 1 aliphatic rings. The Kier molecular flexibility index (Phi) is 3.99. The number of piperidine rings is 1. The van der Waals surface area contributed by atoms with Crippen molar-refractivity contribution in [1.29, 1.82) is 0 Å². The van der Waals surface area contributed by atoms with Crippen LogP contribution in [-0.2, 0) is 16.6 Å². The fourth-order valence-corrected chi connectivity index (χ4v) is 3.83. The van der Waals surface area contributed by atoms with E-state index < -0.39 is 10.0 Å². The normalized spacial score (nSPS) is 20.4. The van der Waals surface area contributed by atoms with Gasteiger partial charge in [-0.1, -0.05) is 26.0 Å². The minimum absolute atomic E-state index is 0.241. The first-order valence-electron chi connectivity index (χ1n) is 6.64. The van der Waals surface area contributed by atoms with Crippen LogP contribution in [-0.4, -0.2) is 25.8 Å². The Labute approximate surface area is 115 Å². The zero-order valence-electron chi connectivity index (χ0n) is 11.6. The number of sulfonamides is 1. The summed E-state index contributed by atoms with van der Waals surface area (Å²) in [6.45, 7) is 5.93. The maximum absolute atomic E-state index is 12.6. The second kappa shape index (κ2) is 5.23. The summed E-state index contributed by atoms with van der Waals surface area (Å²) < 4.78 is 26.7. The Morgan fingerprint density at radius 3 is 2.47 bits per heavy atom. The van der Waals surface area contributed by atoms with Crippen LogP contribution in [0.2, 0.25) is 0 Å². The predicted molar refractivity (Wildman–Crippen MR) is 76.1 cm³/mol. The van der Waals surface area contributed by atoms with E-state index in [0.717, 1.165) is 18.4 Å². The molecule has 19 heavy (non-hydrogen) atoms. The first kappa shape index (κ1) is 14.5. The standard InChI is InChI=1S/C14H22N2O2S/c1-14(2)6-8-16(9-7-14)19(17,18)13-5-3-4-12(10-13)11-15/h3-5,10H,6-9,11,15H2,1-2H3. The zero-order valence-corrected chi connectivity index (χ0v) is 12.4. The van der Waals surface area contributed by atoms with Gasteiger partial charge in [0.25, 0.3) is 0 Å². The predicted octanol–water partition coefficient (Wildman–Crippen LogP) is 1.96. The van der Waals surface area contributed by atoms with Crippen LogP contribution in [0, 0.1) is 5.41 Å². The van der Waals surface area contributed by atoms with E-state index in [1.807, 2.05) is 6.07 Å². The van der Waals surface area contributed by atoms with Crippen molar-refractivity contribution in [2.24, 2.45) is 11.1 Å². The highest BCUT2D eigenvalue weighted by Gasteiger charge is 2.32. The largest absolute Gasteiger partial charge is 0.326 e. The Morgan fingerprint density at radius 2 is 1.89 bits per heavy atom. The van der Waals surface area contributed by atoms with Gasteiger partial charge in [0.1, 0.15) is 0 Å². The molecule has 0 aromatic heterocycles. The molecule has 2 N–H and O–H groups in total. The van der Waals surface area contributed by atoms with Crippen LogP contribution in [0.15, 0.2) is 29.2 Å². The van der Waals surface area contributed by atoms with E-state index in [1.54, 1.807) is 22.5 Å².